The number of ketones is 1. The summed E-state index contributed by atoms with van der Waals surface area (Å²) in [5.41, 5.74) is 0.180. The first kappa shape index (κ1) is 12.5. The fraction of sp³-hybridized carbons (Fsp3) is 0.100. The van der Waals surface area contributed by atoms with Crippen LogP contribution in [0.3, 0.4) is 0 Å². The number of ether oxygens (including phenoxy) is 1. The fourth-order valence-electron chi connectivity index (χ4n) is 0.897. The van der Waals surface area contributed by atoms with Gasteiger partial charge in [-0.3, -0.25) is 0 Å². The number of Topliss-reactive ketones (excluding diaryl/α,β-unsaturated/α-hetero) is 1. The Hall–Kier alpha value is -1.59. The first-order valence-corrected chi connectivity index (χ1v) is 5.84. The molecule has 0 heterocycles. The van der Waals surface area contributed by atoms with Gasteiger partial charge < -0.3 is 0 Å². The van der Waals surface area contributed by atoms with Crippen LogP contribution in [0.5, 0.6) is 0 Å². The van der Waals surface area contributed by atoms with Gasteiger partial charge in [0.1, 0.15) is 0 Å². The molecule has 0 aliphatic heterocycles. The van der Waals surface area contributed by atoms with Crippen molar-refractivity contribution < 1.29 is 39.0 Å². The van der Waals surface area contributed by atoms with Crippen LogP contribution < -0.4 is 0 Å². The van der Waals surface area contributed by atoms with Crippen LogP contribution in [0.2, 0.25) is 5.13 Å². The first-order valence-electron chi connectivity index (χ1n) is 4.28. The second kappa shape index (κ2) is 6.10. The summed E-state index contributed by atoms with van der Waals surface area (Å²) >= 11 is -1.43. The zero-order valence-electron chi connectivity index (χ0n) is 8.08. The molecule has 5 nitrogen and oxygen atoms in total. The van der Waals surface area contributed by atoms with Crippen molar-refractivity contribution in [3.8, 4) is 0 Å². The molecule has 1 aromatic carbocycles. The third-order valence-electron chi connectivity index (χ3n) is 1.63. The number of rotatable bonds is 4. The quantitative estimate of drug-likeness (QED) is 0.453. The van der Waals surface area contributed by atoms with E-state index in [9.17, 15) is 18.1 Å². The van der Waals surface area contributed by atoms with Crippen molar-refractivity contribution in [1.82, 2.24) is 0 Å². The molecule has 0 radical (unpaired) electrons. The summed E-state index contributed by atoms with van der Waals surface area (Å²) in [5.74, 6) is -3.10. The van der Waals surface area contributed by atoms with E-state index in [-0.39, 0.29) is 10.7 Å². The van der Waals surface area contributed by atoms with Crippen LogP contribution in [0.1, 0.15) is 10.4 Å². The van der Waals surface area contributed by atoms with Crippen molar-refractivity contribution >= 4 is 17.7 Å². The third-order valence-corrected chi connectivity index (χ3v) is 2.28. The van der Waals surface area contributed by atoms with Crippen molar-refractivity contribution in [2.45, 2.75) is 5.13 Å². The topological polar surface area (TPSA) is 77.5 Å². The van der Waals surface area contributed by atoms with Crippen molar-refractivity contribution in [3.05, 3.63) is 35.9 Å². The van der Waals surface area contributed by atoms with Crippen LogP contribution in [0.25, 0.3) is 0 Å². The Balaban J connectivity index is 2.62. The summed E-state index contributed by atoms with van der Waals surface area (Å²) < 4.78 is 14.5. The molecule has 6 heteroatoms. The van der Waals surface area contributed by atoms with E-state index in [4.69, 9.17) is 0 Å². The van der Waals surface area contributed by atoms with E-state index in [0.29, 0.717) is 0 Å². The van der Waals surface area contributed by atoms with Gasteiger partial charge >= 0.3 is 97.8 Å². The van der Waals surface area contributed by atoms with Crippen LogP contribution in [-0.4, -0.2) is 17.7 Å². The van der Waals surface area contributed by atoms with Gasteiger partial charge in [-0.05, 0) is 0 Å². The molecule has 0 spiro atoms. The van der Waals surface area contributed by atoms with E-state index in [2.05, 4.69) is 4.74 Å². The number of carbonyl (C=O) groups excluding carboxylic acids is 3. The molecule has 16 heavy (non-hydrogen) atoms. The molecule has 0 atom stereocenters. The minimum atomic E-state index is -1.43. The van der Waals surface area contributed by atoms with Gasteiger partial charge in [0, 0.05) is 0 Å². The molecular weight excluding hydrogens is 251 g/mol. The summed E-state index contributed by atoms with van der Waals surface area (Å²) in [4.78, 5) is 33.2. The molecule has 82 valence electrons. The van der Waals surface area contributed by atoms with Gasteiger partial charge in [-0.1, -0.05) is 0 Å². The zero-order chi connectivity index (χ0) is 12.0. The van der Waals surface area contributed by atoms with E-state index < -0.39 is 34.0 Å². The average Bonchev–Trinajstić information content (AvgIpc) is 2.30. The van der Waals surface area contributed by atoms with Crippen molar-refractivity contribution in [3.63, 3.8) is 0 Å². The predicted molar refractivity (Wildman–Crippen MR) is 47.4 cm³/mol. The maximum absolute atomic E-state index is 11.3. The molecule has 1 aromatic rings. The number of hydrogen-bond donors (Lipinski definition) is 0. The van der Waals surface area contributed by atoms with E-state index in [0.717, 1.165) is 0 Å². The van der Waals surface area contributed by atoms with E-state index >= 15 is 0 Å². The Morgan fingerprint density at radius 1 is 1.12 bits per heavy atom. The van der Waals surface area contributed by atoms with Crippen molar-refractivity contribution in [1.29, 1.82) is 0 Å². The molecule has 0 saturated carbocycles. The van der Waals surface area contributed by atoms with Crippen LogP contribution in [-0.2, 0) is 34.2 Å². The van der Waals surface area contributed by atoms with Gasteiger partial charge in [0.25, 0.3) is 0 Å². The Kier molecular flexibility index (Phi) is 4.76. The molecule has 0 bridgehead atoms. The molecule has 1 rings (SSSR count). The number of hydrogen-bond acceptors (Lipinski definition) is 5. The zero-order valence-corrected chi connectivity index (χ0v) is 9.48. The predicted octanol–water partition coefficient (Wildman–Crippen LogP) is 0.785. The Morgan fingerprint density at radius 3 is 2.31 bits per heavy atom. The monoisotopic (exact) mass is 258 g/mol. The molecule has 0 N–H and O–H groups in total. The minimum absolute atomic E-state index is 0.180. The molecule has 0 unspecified atom stereocenters. The Bertz CT molecular complexity index is 426. The van der Waals surface area contributed by atoms with E-state index in [1.165, 1.54) is 12.1 Å². The normalized spacial score (nSPS) is 9.25. The summed E-state index contributed by atoms with van der Waals surface area (Å²) in [6.07, 6.45) is 0. The molecule has 0 saturated heterocycles. The Morgan fingerprint density at radius 2 is 1.75 bits per heavy atom. The van der Waals surface area contributed by atoms with Gasteiger partial charge in [0.15, 0.2) is 0 Å². The maximum atomic E-state index is 11.3. The summed E-state index contributed by atoms with van der Waals surface area (Å²) in [6.45, 7) is 0. The van der Waals surface area contributed by atoms with E-state index in [1.807, 2.05) is 0 Å². The van der Waals surface area contributed by atoms with Gasteiger partial charge in [-0.25, -0.2) is 0 Å². The average molecular weight is 258 g/mol. The van der Waals surface area contributed by atoms with Crippen molar-refractivity contribution in [2.75, 3.05) is 0 Å². The van der Waals surface area contributed by atoms with Gasteiger partial charge in [-0.2, -0.15) is 0 Å². The SMILES string of the molecule is [O]=[V][CH2]C(=O)C(=O)OC(=O)c1ccccc1. The first-order chi connectivity index (χ1) is 7.65. The second-order valence-electron chi connectivity index (χ2n) is 2.75. The number of carbonyl (C=O) groups is 3. The molecule has 0 amide bonds. The third kappa shape index (κ3) is 3.53. The molecular formula is C10H7O5V. The van der Waals surface area contributed by atoms with Crippen molar-refractivity contribution in [2.24, 2.45) is 0 Å². The molecule has 0 aromatic heterocycles. The molecule has 0 fully saturated rings. The number of esters is 2. The van der Waals surface area contributed by atoms with Crippen LogP contribution in [0.15, 0.2) is 30.3 Å². The fourth-order valence-corrected chi connectivity index (χ4v) is 1.28. The summed E-state index contributed by atoms with van der Waals surface area (Å²) in [6, 6.07) is 7.82. The number of benzene rings is 1. The molecule has 0 aliphatic rings. The summed E-state index contributed by atoms with van der Waals surface area (Å²) in [7, 11) is 0. The van der Waals surface area contributed by atoms with Crippen LogP contribution >= 0.6 is 0 Å². The Labute approximate surface area is 98.1 Å². The van der Waals surface area contributed by atoms with Gasteiger partial charge in [-0.15, -0.1) is 0 Å². The van der Waals surface area contributed by atoms with Crippen LogP contribution in [0.4, 0.5) is 0 Å². The van der Waals surface area contributed by atoms with E-state index in [1.54, 1.807) is 18.2 Å². The standard InChI is InChI=1S/C10H7O4.O.V/c1-7(11)9(12)14-10(13)8-5-3-2-4-6-8;;/h2-6H,1H2;;. The second-order valence-corrected chi connectivity index (χ2v) is 3.65. The van der Waals surface area contributed by atoms with Gasteiger partial charge in [0.2, 0.25) is 0 Å². The van der Waals surface area contributed by atoms with Crippen LogP contribution in [0, 0.1) is 0 Å². The molecule has 0 aliphatic carbocycles. The summed E-state index contributed by atoms with van der Waals surface area (Å²) in [5, 5.41) is -0.364. The van der Waals surface area contributed by atoms with Gasteiger partial charge in [0.05, 0.1) is 0 Å².